The van der Waals surface area contributed by atoms with Crippen LogP contribution in [0, 0.1) is 5.82 Å². The molecule has 0 radical (unpaired) electrons. The molecular formula is C13H19FN2S. The van der Waals surface area contributed by atoms with E-state index >= 15 is 0 Å². The molecule has 1 rings (SSSR count). The number of thiocarbonyl (C=S) groups is 1. The van der Waals surface area contributed by atoms with Crippen molar-refractivity contribution >= 4 is 22.9 Å². The smallest absolute Gasteiger partial charge is 0.146 e. The van der Waals surface area contributed by atoms with Gasteiger partial charge in [-0.15, -0.1) is 0 Å². The topological polar surface area (TPSA) is 38.0 Å². The van der Waals surface area contributed by atoms with Crippen molar-refractivity contribution < 1.29 is 4.39 Å². The molecule has 0 spiro atoms. The fourth-order valence-electron chi connectivity index (χ4n) is 1.59. The lowest BCUT2D eigenvalue weighted by Gasteiger charge is -2.08. The minimum atomic E-state index is -0.300. The Morgan fingerprint density at radius 3 is 2.71 bits per heavy atom. The molecule has 4 heteroatoms. The monoisotopic (exact) mass is 254 g/mol. The molecule has 0 unspecified atom stereocenters. The summed E-state index contributed by atoms with van der Waals surface area (Å²) in [5, 5.41) is 3.08. The van der Waals surface area contributed by atoms with Crippen molar-refractivity contribution in [1.82, 2.24) is 0 Å². The zero-order valence-electron chi connectivity index (χ0n) is 10.1. The average Bonchev–Trinajstić information content (AvgIpc) is 2.30. The molecule has 0 aliphatic carbocycles. The van der Waals surface area contributed by atoms with Crippen LogP contribution in [-0.4, -0.2) is 11.5 Å². The Morgan fingerprint density at radius 1 is 1.35 bits per heavy atom. The Hall–Kier alpha value is -1.16. The van der Waals surface area contributed by atoms with Gasteiger partial charge in [-0.25, -0.2) is 4.39 Å². The molecule has 0 aliphatic heterocycles. The molecule has 3 N–H and O–H groups in total. The van der Waals surface area contributed by atoms with E-state index in [0.717, 1.165) is 13.0 Å². The van der Waals surface area contributed by atoms with Crippen molar-refractivity contribution in [3.63, 3.8) is 0 Å². The lowest BCUT2D eigenvalue weighted by atomic mass is 10.2. The summed E-state index contributed by atoms with van der Waals surface area (Å²) in [6.07, 6.45) is 4.67. The van der Waals surface area contributed by atoms with Gasteiger partial charge in [0, 0.05) is 12.1 Å². The van der Waals surface area contributed by atoms with Crippen LogP contribution in [0.4, 0.5) is 10.1 Å². The van der Waals surface area contributed by atoms with Gasteiger partial charge >= 0.3 is 0 Å². The molecule has 0 bridgehead atoms. The van der Waals surface area contributed by atoms with Crippen LogP contribution in [0.2, 0.25) is 0 Å². The van der Waals surface area contributed by atoms with Crippen molar-refractivity contribution in [2.45, 2.75) is 32.6 Å². The van der Waals surface area contributed by atoms with Gasteiger partial charge < -0.3 is 11.1 Å². The van der Waals surface area contributed by atoms with Gasteiger partial charge in [0.2, 0.25) is 0 Å². The van der Waals surface area contributed by atoms with E-state index in [2.05, 4.69) is 12.2 Å². The predicted octanol–water partition coefficient (Wildman–Crippen LogP) is 3.45. The summed E-state index contributed by atoms with van der Waals surface area (Å²) >= 11 is 4.79. The van der Waals surface area contributed by atoms with Gasteiger partial charge in [0.1, 0.15) is 10.8 Å². The maximum Gasteiger partial charge on any atom is 0.146 e. The first-order valence-corrected chi connectivity index (χ1v) is 6.39. The number of hydrogen-bond acceptors (Lipinski definition) is 2. The standard InChI is InChI=1S/C13H19FN2S/c1-2-3-4-5-8-16-12-7-6-10(13(15)17)9-11(12)14/h6-7,9,16H,2-5,8H2,1H3,(H2,15,17). The first kappa shape index (κ1) is 13.9. The average molecular weight is 254 g/mol. The van der Waals surface area contributed by atoms with E-state index in [0.29, 0.717) is 11.3 Å². The molecule has 0 amide bonds. The summed E-state index contributed by atoms with van der Waals surface area (Å²) in [7, 11) is 0. The van der Waals surface area contributed by atoms with Crippen LogP contribution in [0.1, 0.15) is 38.2 Å². The number of hydrogen-bond donors (Lipinski definition) is 2. The van der Waals surface area contributed by atoms with Crippen LogP contribution in [0.25, 0.3) is 0 Å². The van der Waals surface area contributed by atoms with Gasteiger partial charge in [-0.1, -0.05) is 38.4 Å². The number of unbranched alkanes of at least 4 members (excludes halogenated alkanes) is 3. The lowest BCUT2D eigenvalue weighted by Crippen LogP contribution is -2.10. The molecular weight excluding hydrogens is 235 g/mol. The highest BCUT2D eigenvalue weighted by Gasteiger charge is 2.04. The van der Waals surface area contributed by atoms with Crippen molar-refractivity contribution in [2.24, 2.45) is 5.73 Å². The summed E-state index contributed by atoms with van der Waals surface area (Å²) in [5.41, 5.74) is 6.51. The van der Waals surface area contributed by atoms with E-state index in [-0.39, 0.29) is 10.8 Å². The SMILES string of the molecule is CCCCCCNc1ccc(C(N)=S)cc1F. The molecule has 0 saturated heterocycles. The second-order valence-electron chi connectivity index (χ2n) is 4.05. The van der Waals surface area contributed by atoms with Crippen LogP contribution in [0.15, 0.2) is 18.2 Å². The summed E-state index contributed by atoms with van der Waals surface area (Å²) in [4.78, 5) is 0.221. The number of benzene rings is 1. The van der Waals surface area contributed by atoms with Gasteiger partial charge in [0.05, 0.1) is 5.69 Å². The van der Waals surface area contributed by atoms with E-state index in [9.17, 15) is 4.39 Å². The van der Waals surface area contributed by atoms with Crippen LogP contribution < -0.4 is 11.1 Å². The van der Waals surface area contributed by atoms with E-state index in [1.807, 2.05) is 0 Å². The highest BCUT2D eigenvalue weighted by Crippen LogP contribution is 2.16. The zero-order chi connectivity index (χ0) is 12.7. The van der Waals surface area contributed by atoms with Crippen molar-refractivity contribution in [1.29, 1.82) is 0 Å². The quantitative estimate of drug-likeness (QED) is 0.578. The molecule has 1 aromatic carbocycles. The maximum absolute atomic E-state index is 13.6. The number of nitrogens with one attached hydrogen (secondary N) is 1. The second kappa shape index (κ2) is 7.22. The molecule has 0 saturated carbocycles. The van der Waals surface area contributed by atoms with Gasteiger partial charge in [0.15, 0.2) is 0 Å². The van der Waals surface area contributed by atoms with Gasteiger partial charge in [0.25, 0.3) is 0 Å². The van der Waals surface area contributed by atoms with E-state index < -0.39 is 0 Å². The molecule has 0 atom stereocenters. The third kappa shape index (κ3) is 4.69. The number of rotatable bonds is 7. The molecule has 0 heterocycles. The van der Waals surface area contributed by atoms with Crippen LogP contribution in [0.5, 0.6) is 0 Å². The maximum atomic E-state index is 13.6. The largest absolute Gasteiger partial charge is 0.389 e. The highest BCUT2D eigenvalue weighted by atomic mass is 32.1. The first-order valence-electron chi connectivity index (χ1n) is 5.98. The number of nitrogens with two attached hydrogens (primary N) is 1. The van der Waals surface area contributed by atoms with E-state index in [1.165, 1.54) is 25.3 Å². The fourth-order valence-corrected chi connectivity index (χ4v) is 1.71. The molecule has 1 aromatic rings. The predicted molar refractivity (Wildman–Crippen MR) is 74.9 cm³/mol. The van der Waals surface area contributed by atoms with Crippen molar-refractivity contribution in [2.75, 3.05) is 11.9 Å². The van der Waals surface area contributed by atoms with Gasteiger partial charge in [-0.05, 0) is 24.6 Å². The summed E-state index contributed by atoms with van der Waals surface area (Å²) in [6.45, 7) is 2.96. The third-order valence-corrected chi connectivity index (χ3v) is 2.84. The molecule has 17 heavy (non-hydrogen) atoms. The Balaban J connectivity index is 2.46. The Bertz CT molecular complexity index is 380. The van der Waals surface area contributed by atoms with Gasteiger partial charge in [-0.2, -0.15) is 0 Å². The molecule has 2 nitrogen and oxygen atoms in total. The van der Waals surface area contributed by atoms with Crippen molar-refractivity contribution in [3.8, 4) is 0 Å². The Morgan fingerprint density at radius 2 is 2.12 bits per heavy atom. The molecule has 0 aromatic heterocycles. The third-order valence-electron chi connectivity index (χ3n) is 2.60. The number of halogens is 1. The van der Waals surface area contributed by atoms with E-state index in [4.69, 9.17) is 18.0 Å². The first-order chi connectivity index (χ1) is 8.15. The van der Waals surface area contributed by atoms with Crippen LogP contribution in [-0.2, 0) is 0 Å². The molecule has 0 fully saturated rings. The Kier molecular flexibility index (Phi) is 5.91. The molecule has 94 valence electrons. The Labute approximate surface area is 107 Å². The minimum absolute atomic E-state index is 0.221. The van der Waals surface area contributed by atoms with Crippen LogP contribution >= 0.6 is 12.2 Å². The van der Waals surface area contributed by atoms with E-state index in [1.54, 1.807) is 12.1 Å². The lowest BCUT2D eigenvalue weighted by molar-refractivity contribution is 0.627. The summed E-state index contributed by atoms with van der Waals surface area (Å²) in [5.74, 6) is -0.300. The molecule has 0 aliphatic rings. The number of anilines is 1. The summed E-state index contributed by atoms with van der Waals surface area (Å²) < 4.78 is 13.6. The minimum Gasteiger partial charge on any atom is -0.389 e. The van der Waals surface area contributed by atoms with Crippen LogP contribution in [0.3, 0.4) is 0 Å². The second-order valence-corrected chi connectivity index (χ2v) is 4.49. The van der Waals surface area contributed by atoms with Crippen molar-refractivity contribution in [3.05, 3.63) is 29.6 Å². The zero-order valence-corrected chi connectivity index (χ0v) is 10.9. The highest BCUT2D eigenvalue weighted by molar-refractivity contribution is 7.80. The summed E-state index contributed by atoms with van der Waals surface area (Å²) in [6, 6.07) is 4.79. The normalized spacial score (nSPS) is 10.2. The van der Waals surface area contributed by atoms with Gasteiger partial charge in [-0.3, -0.25) is 0 Å². The fraction of sp³-hybridized carbons (Fsp3) is 0.462.